The van der Waals surface area contributed by atoms with Crippen molar-refractivity contribution in [3.63, 3.8) is 0 Å². The monoisotopic (exact) mass is 417 g/mol. The minimum Gasteiger partial charge on any atom is -0.368 e. The van der Waals surface area contributed by atoms with E-state index in [4.69, 9.17) is 5.73 Å². The predicted octanol–water partition coefficient (Wildman–Crippen LogP) is 2.89. The van der Waals surface area contributed by atoms with Gasteiger partial charge in [-0.3, -0.25) is 9.78 Å². The standard InChI is InChI=1S/C20H21F2N5OS/c21-14-4-1-5-15(22)18(14)20(25-8-10-29-20)19(28)26-16-11-24-7-6-17(16)27-9-2-3-13(23)12-27/h1,4-8,10-11,13,25H,2-3,9,12,23H2,(H,26,28)/t13?,20-/m0/s1. The number of halogens is 2. The Bertz CT molecular complexity index is 926. The smallest absolute Gasteiger partial charge is 0.266 e. The summed E-state index contributed by atoms with van der Waals surface area (Å²) in [5.41, 5.74) is 7.01. The zero-order valence-electron chi connectivity index (χ0n) is 15.6. The molecule has 2 aliphatic heterocycles. The summed E-state index contributed by atoms with van der Waals surface area (Å²) >= 11 is 1.00. The minimum absolute atomic E-state index is 0.0515. The van der Waals surface area contributed by atoms with E-state index in [0.29, 0.717) is 12.2 Å². The fourth-order valence-corrected chi connectivity index (χ4v) is 4.66. The topological polar surface area (TPSA) is 83.3 Å². The number of amides is 1. The van der Waals surface area contributed by atoms with Gasteiger partial charge in [0.1, 0.15) is 11.6 Å². The number of nitrogens with two attached hydrogens (primary N) is 1. The van der Waals surface area contributed by atoms with Crippen molar-refractivity contribution in [1.82, 2.24) is 10.3 Å². The van der Waals surface area contributed by atoms with Crippen molar-refractivity contribution >= 4 is 29.0 Å². The summed E-state index contributed by atoms with van der Waals surface area (Å²) < 4.78 is 29.0. The largest absolute Gasteiger partial charge is 0.368 e. The van der Waals surface area contributed by atoms with Crippen LogP contribution in [0.3, 0.4) is 0 Å². The molecule has 6 nitrogen and oxygen atoms in total. The number of piperidine rings is 1. The second-order valence-corrected chi connectivity index (χ2v) is 8.16. The number of pyridine rings is 1. The highest BCUT2D eigenvalue weighted by Gasteiger charge is 2.46. The molecule has 0 spiro atoms. The second-order valence-electron chi connectivity index (χ2n) is 7.04. The molecule has 4 N–H and O–H groups in total. The maximum atomic E-state index is 14.5. The fourth-order valence-electron chi connectivity index (χ4n) is 3.72. The first kappa shape index (κ1) is 19.7. The number of anilines is 2. The van der Waals surface area contributed by atoms with E-state index in [1.54, 1.807) is 17.7 Å². The summed E-state index contributed by atoms with van der Waals surface area (Å²) in [7, 11) is 0. The van der Waals surface area contributed by atoms with Gasteiger partial charge < -0.3 is 21.3 Å². The van der Waals surface area contributed by atoms with Gasteiger partial charge in [-0.05, 0) is 36.4 Å². The first-order chi connectivity index (χ1) is 14.0. The zero-order chi connectivity index (χ0) is 20.4. The highest BCUT2D eigenvalue weighted by Crippen LogP contribution is 2.42. The van der Waals surface area contributed by atoms with Gasteiger partial charge in [0.15, 0.2) is 4.87 Å². The molecule has 2 atom stereocenters. The van der Waals surface area contributed by atoms with Crippen molar-refractivity contribution in [2.75, 3.05) is 23.3 Å². The highest BCUT2D eigenvalue weighted by atomic mass is 32.2. The number of nitrogens with one attached hydrogen (secondary N) is 2. The third kappa shape index (κ3) is 3.67. The van der Waals surface area contributed by atoms with Crippen LogP contribution in [0.25, 0.3) is 0 Å². The quantitative estimate of drug-likeness (QED) is 0.710. The van der Waals surface area contributed by atoms with Crippen LogP contribution in [0.1, 0.15) is 18.4 Å². The molecule has 1 aromatic heterocycles. The van der Waals surface area contributed by atoms with Crippen molar-refractivity contribution in [1.29, 1.82) is 0 Å². The first-order valence-electron chi connectivity index (χ1n) is 9.32. The number of aromatic nitrogens is 1. The van der Waals surface area contributed by atoms with E-state index in [1.165, 1.54) is 18.5 Å². The van der Waals surface area contributed by atoms with Gasteiger partial charge in [-0.1, -0.05) is 17.8 Å². The summed E-state index contributed by atoms with van der Waals surface area (Å²) in [4.78, 5) is 17.8. The lowest BCUT2D eigenvalue weighted by Crippen LogP contribution is -2.47. The van der Waals surface area contributed by atoms with Gasteiger partial charge >= 0.3 is 0 Å². The molecule has 0 aliphatic carbocycles. The Kier molecular flexibility index (Phi) is 5.42. The van der Waals surface area contributed by atoms with E-state index < -0.39 is 22.4 Å². The molecule has 1 fully saturated rings. The number of nitrogens with zero attached hydrogens (tertiary/aromatic N) is 2. The van der Waals surface area contributed by atoms with Gasteiger partial charge in [0.25, 0.3) is 5.91 Å². The van der Waals surface area contributed by atoms with Crippen LogP contribution in [0, 0.1) is 11.6 Å². The molecule has 29 heavy (non-hydrogen) atoms. The summed E-state index contributed by atoms with van der Waals surface area (Å²) in [6.07, 6.45) is 6.57. The Balaban J connectivity index is 1.67. The maximum Gasteiger partial charge on any atom is 0.266 e. The van der Waals surface area contributed by atoms with Gasteiger partial charge in [0, 0.05) is 31.5 Å². The molecule has 4 rings (SSSR count). The molecule has 0 saturated carbocycles. The molecule has 2 aromatic rings. The van der Waals surface area contributed by atoms with Crippen LogP contribution in [-0.2, 0) is 9.67 Å². The van der Waals surface area contributed by atoms with Crippen molar-refractivity contribution in [3.8, 4) is 0 Å². The minimum atomic E-state index is -1.65. The summed E-state index contributed by atoms with van der Waals surface area (Å²) in [6, 6.07) is 5.40. The average Bonchev–Trinajstić information content (AvgIpc) is 3.19. The number of hydrogen-bond donors (Lipinski definition) is 3. The lowest BCUT2D eigenvalue weighted by atomic mass is 10.0. The van der Waals surface area contributed by atoms with E-state index in [1.807, 2.05) is 0 Å². The highest BCUT2D eigenvalue weighted by molar-refractivity contribution is 8.04. The Morgan fingerprint density at radius 1 is 1.34 bits per heavy atom. The van der Waals surface area contributed by atoms with Gasteiger partial charge in [0.05, 0.1) is 23.1 Å². The van der Waals surface area contributed by atoms with Gasteiger partial charge in [-0.15, -0.1) is 0 Å². The normalized spacial score (nSPS) is 23.7. The molecule has 2 aliphatic rings. The Labute approximate surface area is 171 Å². The van der Waals surface area contributed by atoms with E-state index in [2.05, 4.69) is 20.5 Å². The van der Waals surface area contributed by atoms with Gasteiger partial charge in [-0.25, -0.2) is 8.78 Å². The molecular formula is C20H21F2N5OS. The second kappa shape index (κ2) is 8.00. The number of benzene rings is 1. The summed E-state index contributed by atoms with van der Waals surface area (Å²) in [5.74, 6) is -2.18. The zero-order valence-corrected chi connectivity index (χ0v) is 16.4. The van der Waals surface area contributed by atoms with Crippen LogP contribution >= 0.6 is 11.8 Å². The van der Waals surface area contributed by atoms with Crippen LogP contribution in [0.4, 0.5) is 20.2 Å². The van der Waals surface area contributed by atoms with Crippen molar-refractivity contribution in [3.05, 3.63) is 65.5 Å². The van der Waals surface area contributed by atoms with Crippen LogP contribution < -0.4 is 21.3 Å². The molecule has 9 heteroatoms. The lowest BCUT2D eigenvalue weighted by Gasteiger charge is -2.34. The van der Waals surface area contributed by atoms with Crippen molar-refractivity contribution in [2.45, 2.75) is 23.8 Å². The summed E-state index contributed by atoms with van der Waals surface area (Å²) in [5, 5.41) is 7.24. The number of rotatable bonds is 4. The molecule has 3 heterocycles. The predicted molar refractivity (Wildman–Crippen MR) is 110 cm³/mol. The molecule has 0 bridgehead atoms. The van der Waals surface area contributed by atoms with Crippen LogP contribution in [0.15, 0.2) is 48.3 Å². The summed E-state index contributed by atoms with van der Waals surface area (Å²) in [6.45, 7) is 1.47. The third-order valence-corrected chi connectivity index (χ3v) is 6.21. The Morgan fingerprint density at radius 3 is 2.83 bits per heavy atom. The molecule has 1 aromatic carbocycles. The number of thioether (sulfide) groups is 1. The first-order valence-corrected chi connectivity index (χ1v) is 10.2. The third-order valence-electron chi connectivity index (χ3n) is 5.08. The molecular weight excluding hydrogens is 396 g/mol. The molecule has 1 saturated heterocycles. The molecule has 152 valence electrons. The van der Waals surface area contributed by atoms with E-state index in [-0.39, 0.29) is 11.6 Å². The van der Waals surface area contributed by atoms with E-state index in [0.717, 1.165) is 49.0 Å². The Morgan fingerprint density at radius 2 is 2.14 bits per heavy atom. The van der Waals surface area contributed by atoms with E-state index in [9.17, 15) is 13.6 Å². The molecule has 0 radical (unpaired) electrons. The van der Waals surface area contributed by atoms with Crippen LogP contribution in [0.2, 0.25) is 0 Å². The van der Waals surface area contributed by atoms with Crippen molar-refractivity contribution < 1.29 is 13.6 Å². The van der Waals surface area contributed by atoms with Gasteiger partial charge in [0.2, 0.25) is 0 Å². The van der Waals surface area contributed by atoms with Crippen LogP contribution in [0.5, 0.6) is 0 Å². The number of carbonyl (C=O) groups is 1. The van der Waals surface area contributed by atoms with E-state index >= 15 is 0 Å². The Hall–Kier alpha value is -2.65. The lowest BCUT2D eigenvalue weighted by molar-refractivity contribution is -0.119. The van der Waals surface area contributed by atoms with Crippen LogP contribution in [-0.4, -0.2) is 30.0 Å². The van der Waals surface area contributed by atoms with Crippen molar-refractivity contribution in [2.24, 2.45) is 5.73 Å². The number of carbonyl (C=O) groups excluding carboxylic acids is 1. The average molecular weight is 417 g/mol. The SMILES string of the molecule is NC1CCCN(c2ccncc2NC(=O)[C@@]2(c3c(F)cccc3F)NC=CS2)C1. The van der Waals surface area contributed by atoms with Gasteiger partial charge in [-0.2, -0.15) is 0 Å². The fraction of sp³-hybridized carbons (Fsp3) is 0.300. The number of hydrogen-bond acceptors (Lipinski definition) is 6. The maximum absolute atomic E-state index is 14.5. The molecule has 1 amide bonds. The molecule has 1 unspecified atom stereocenters.